The average molecular weight is 171 g/mol. The van der Waals surface area contributed by atoms with E-state index in [4.69, 9.17) is 0 Å². The number of rotatable bonds is 2. The van der Waals surface area contributed by atoms with E-state index in [1.54, 1.807) is 19.0 Å². The summed E-state index contributed by atoms with van der Waals surface area (Å²) in [4.78, 5) is 15.0. The van der Waals surface area contributed by atoms with Crippen molar-refractivity contribution >= 4 is 6.03 Å². The zero-order chi connectivity index (χ0) is 9.14. The third-order valence-electron chi connectivity index (χ3n) is 2.14. The first-order valence-corrected chi connectivity index (χ1v) is 4.33. The molecule has 2 amide bonds. The van der Waals surface area contributed by atoms with Crippen LogP contribution in [0.5, 0.6) is 0 Å². The van der Waals surface area contributed by atoms with Crippen LogP contribution >= 0.6 is 0 Å². The third kappa shape index (κ3) is 2.11. The molecule has 0 aromatic heterocycles. The zero-order valence-electron chi connectivity index (χ0n) is 8.00. The topological polar surface area (TPSA) is 35.6 Å². The molecule has 4 heteroatoms. The molecule has 0 radical (unpaired) electrons. The lowest BCUT2D eigenvalue weighted by atomic mass is 10.1. The van der Waals surface area contributed by atoms with E-state index in [0.717, 1.165) is 19.6 Å². The predicted octanol–water partition coefficient (Wildman–Crippen LogP) is -0.0383. The molecule has 0 aliphatic carbocycles. The van der Waals surface area contributed by atoms with Gasteiger partial charge in [-0.3, -0.25) is 4.90 Å². The normalized spacial score (nSPS) is 18.6. The number of hydrogen-bond acceptors (Lipinski definition) is 2. The number of likely N-dealkylation sites (N-methyl/N-ethyl adjacent to an activating group) is 1. The molecular formula is C8H17N3O. The number of hydrogen-bond donors (Lipinski definition) is 1. The van der Waals surface area contributed by atoms with E-state index in [0.29, 0.717) is 6.04 Å². The highest BCUT2D eigenvalue weighted by atomic mass is 16.2. The molecule has 0 atom stereocenters. The van der Waals surface area contributed by atoms with Gasteiger partial charge in [-0.15, -0.1) is 0 Å². The van der Waals surface area contributed by atoms with Crippen LogP contribution in [0.2, 0.25) is 0 Å². The molecule has 12 heavy (non-hydrogen) atoms. The first-order valence-electron chi connectivity index (χ1n) is 4.33. The summed E-state index contributed by atoms with van der Waals surface area (Å²) in [6.07, 6.45) is 0. The Hall–Kier alpha value is -0.770. The second-order valence-electron chi connectivity index (χ2n) is 3.39. The molecule has 1 aliphatic rings. The second-order valence-corrected chi connectivity index (χ2v) is 3.39. The van der Waals surface area contributed by atoms with Gasteiger partial charge in [0.15, 0.2) is 0 Å². The summed E-state index contributed by atoms with van der Waals surface area (Å²) in [5, 5.41) is 2.93. The smallest absolute Gasteiger partial charge is 0.317 e. The predicted molar refractivity (Wildman–Crippen MR) is 48.1 cm³/mol. The summed E-state index contributed by atoms with van der Waals surface area (Å²) < 4.78 is 0. The minimum absolute atomic E-state index is 0.00996. The lowest BCUT2D eigenvalue weighted by molar-refractivity contribution is 0.131. The first kappa shape index (κ1) is 9.32. The molecule has 1 saturated heterocycles. The maximum atomic E-state index is 11.1. The molecule has 1 rings (SSSR count). The fourth-order valence-electron chi connectivity index (χ4n) is 1.22. The molecule has 0 aromatic rings. The van der Waals surface area contributed by atoms with Gasteiger partial charge in [0.05, 0.1) is 6.04 Å². The SMILES string of the molecule is CCN1CC(NC(=O)N(C)C)C1. The number of likely N-dealkylation sites (tertiary alicyclic amines) is 1. The van der Waals surface area contributed by atoms with Crippen molar-refractivity contribution < 1.29 is 4.79 Å². The molecule has 0 unspecified atom stereocenters. The Bertz CT molecular complexity index is 164. The van der Waals surface area contributed by atoms with Crippen LogP contribution in [0, 0.1) is 0 Å². The average Bonchev–Trinajstić information content (AvgIpc) is 1.94. The van der Waals surface area contributed by atoms with Gasteiger partial charge in [-0.25, -0.2) is 4.79 Å². The minimum atomic E-state index is 0.00996. The molecular weight excluding hydrogens is 154 g/mol. The molecule has 0 aromatic carbocycles. The summed E-state index contributed by atoms with van der Waals surface area (Å²) in [5.74, 6) is 0. The zero-order valence-corrected chi connectivity index (χ0v) is 8.00. The molecule has 1 fully saturated rings. The monoisotopic (exact) mass is 171 g/mol. The van der Waals surface area contributed by atoms with Crippen LogP contribution in [0.15, 0.2) is 0 Å². The number of amides is 2. The van der Waals surface area contributed by atoms with Gasteiger partial charge in [0.25, 0.3) is 0 Å². The molecule has 1 N–H and O–H groups in total. The lowest BCUT2D eigenvalue weighted by Crippen LogP contribution is -2.60. The van der Waals surface area contributed by atoms with Crippen LogP contribution in [0.25, 0.3) is 0 Å². The van der Waals surface area contributed by atoms with Crippen molar-refractivity contribution in [3.8, 4) is 0 Å². The maximum absolute atomic E-state index is 11.1. The second kappa shape index (κ2) is 3.76. The van der Waals surface area contributed by atoms with E-state index in [1.807, 2.05) is 0 Å². The van der Waals surface area contributed by atoms with Gasteiger partial charge in [-0.2, -0.15) is 0 Å². The van der Waals surface area contributed by atoms with Crippen molar-refractivity contribution in [2.24, 2.45) is 0 Å². The summed E-state index contributed by atoms with van der Waals surface area (Å²) in [6, 6.07) is 0.371. The van der Waals surface area contributed by atoms with Crippen LogP contribution in [0.3, 0.4) is 0 Å². The number of carbonyl (C=O) groups is 1. The van der Waals surface area contributed by atoms with Gasteiger partial charge in [-0.05, 0) is 6.54 Å². The molecule has 1 heterocycles. The minimum Gasteiger partial charge on any atom is -0.333 e. The van der Waals surface area contributed by atoms with E-state index < -0.39 is 0 Å². The third-order valence-corrected chi connectivity index (χ3v) is 2.14. The van der Waals surface area contributed by atoms with Gasteiger partial charge in [0.2, 0.25) is 0 Å². The van der Waals surface area contributed by atoms with Gasteiger partial charge in [0, 0.05) is 27.2 Å². The van der Waals surface area contributed by atoms with Crippen LogP contribution in [0.4, 0.5) is 4.79 Å². The summed E-state index contributed by atoms with van der Waals surface area (Å²) in [7, 11) is 3.51. The molecule has 0 spiro atoms. The van der Waals surface area contributed by atoms with Crippen molar-refractivity contribution in [2.75, 3.05) is 33.7 Å². The summed E-state index contributed by atoms with van der Waals surface area (Å²) in [6.45, 7) is 5.20. The van der Waals surface area contributed by atoms with Crippen molar-refractivity contribution in [1.82, 2.24) is 15.1 Å². The Labute approximate surface area is 73.5 Å². The fraction of sp³-hybridized carbons (Fsp3) is 0.875. The molecule has 1 aliphatic heterocycles. The Morgan fingerprint density at radius 2 is 2.17 bits per heavy atom. The van der Waals surface area contributed by atoms with Gasteiger partial charge >= 0.3 is 6.03 Å². The highest BCUT2D eigenvalue weighted by Crippen LogP contribution is 2.06. The van der Waals surface area contributed by atoms with E-state index in [9.17, 15) is 4.79 Å². The maximum Gasteiger partial charge on any atom is 0.317 e. The highest BCUT2D eigenvalue weighted by Gasteiger charge is 2.26. The Kier molecular flexibility index (Phi) is 2.92. The summed E-state index contributed by atoms with van der Waals surface area (Å²) in [5.41, 5.74) is 0. The Balaban J connectivity index is 2.14. The van der Waals surface area contributed by atoms with Crippen LogP contribution < -0.4 is 5.32 Å². The molecule has 4 nitrogen and oxygen atoms in total. The highest BCUT2D eigenvalue weighted by molar-refractivity contribution is 5.74. The van der Waals surface area contributed by atoms with E-state index in [2.05, 4.69) is 17.1 Å². The van der Waals surface area contributed by atoms with Crippen molar-refractivity contribution in [2.45, 2.75) is 13.0 Å². The number of nitrogens with zero attached hydrogens (tertiary/aromatic N) is 2. The van der Waals surface area contributed by atoms with Gasteiger partial charge < -0.3 is 10.2 Å². The largest absolute Gasteiger partial charge is 0.333 e. The summed E-state index contributed by atoms with van der Waals surface area (Å²) >= 11 is 0. The molecule has 70 valence electrons. The van der Waals surface area contributed by atoms with E-state index >= 15 is 0 Å². The van der Waals surface area contributed by atoms with E-state index in [-0.39, 0.29) is 6.03 Å². The van der Waals surface area contributed by atoms with Crippen molar-refractivity contribution in [3.05, 3.63) is 0 Å². The van der Waals surface area contributed by atoms with E-state index in [1.165, 1.54) is 0 Å². The quantitative estimate of drug-likeness (QED) is 0.633. The molecule has 0 bridgehead atoms. The molecule has 0 saturated carbocycles. The van der Waals surface area contributed by atoms with Crippen LogP contribution in [0.1, 0.15) is 6.92 Å². The van der Waals surface area contributed by atoms with Crippen molar-refractivity contribution in [3.63, 3.8) is 0 Å². The van der Waals surface area contributed by atoms with Crippen LogP contribution in [-0.4, -0.2) is 55.6 Å². The number of urea groups is 1. The standard InChI is InChI=1S/C8H17N3O/c1-4-11-5-7(6-11)9-8(12)10(2)3/h7H,4-6H2,1-3H3,(H,9,12). The van der Waals surface area contributed by atoms with Crippen LogP contribution in [-0.2, 0) is 0 Å². The Morgan fingerprint density at radius 1 is 1.58 bits per heavy atom. The lowest BCUT2D eigenvalue weighted by Gasteiger charge is -2.39. The van der Waals surface area contributed by atoms with Gasteiger partial charge in [0.1, 0.15) is 0 Å². The van der Waals surface area contributed by atoms with Gasteiger partial charge in [-0.1, -0.05) is 6.92 Å². The van der Waals surface area contributed by atoms with Crippen molar-refractivity contribution in [1.29, 1.82) is 0 Å². The number of nitrogens with one attached hydrogen (secondary N) is 1. The fourth-order valence-corrected chi connectivity index (χ4v) is 1.22. The Morgan fingerprint density at radius 3 is 2.58 bits per heavy atom. The number of carbonyl (C=O) groups excluding carboxylic acids is 1. The first-order chi connectivity index (χ1) is 5.63.